The molecule has 2 rings (SSSR count). The summed E-state index contributed by atoms with van der Waals surface area (Å²) in [6.07, 6.45) is 0. The highest BCUT2D eigenvalue weighted by molar-refractivity contribution is 7.14. The third-order valence-corrected chi connectivity index (χ3v) is 3.61. The van der Waals surface area contributed by atoms with Gasteiger partial charge in [0.25, 0.3) is 0 Å². The maximum atomic E-state index is 12.0. The van der Waals surface area contributed by atoms with Gasteiger partial charge in [-0.2, -0.15) is 0 Å². The fourth-order valence-corrected chi connectivity index (χ4v) is 2.48. The molecule has 0 aliphatic carbocycles. The Labute approximate surface area is 121 Å². The molecule has 104 valence electrons. The Morgan fingerprint density at radius 3 is 2.60 bits per heavy atom. The summed E-state index contributed by atoms with van der Waals surface area (Å²) >= 11 is 1.45. The van der Waals surface area contributed by atoms with Crippen molar-refractivity contribution in [3.8, 4) is 5.75 Å². The van der Waals surface area contributed by atoms with Crippen LogP contribution in [0.2, 0.25) is 0 Å². The molecule has 1 aromatic carbocycles. The first kappa shape index (κ1) is 14.3. The van der Waals surface area contributed by atoms with Gasteiger partial charge in [0.1, 0.15) is 5.75 Å². The van der Waals surface area contributed by atoms with Gasteiger partial charge >= 0.3 is 0 Å². The Hall–Kier alpha value is -2.14. The highest BCUT2D eigenvalue weighted by Crippen LogP contribution is 2.24. The number of hydrogen-bond donors (Lipinski definition) is 1. The molecule has 1 aromatic heterocycles. The lowest BCUT2D eigenvalue weighted by Gasteiger charge is -2.10. The van der Waals surface area contributed by atoms with Crippen molar-refractivity contribution in [1.29, 1.82) is 0 Å². The molecule has 0 aliphatic heterocycles. The lowest BCUT2D eigenvalue weighted by molar-refractivity contribution is -0.114. The molecule has 0 aliphatic rings. The molecule has 1 heterocycles. The van der Waals surface area contributed by atoms with Crippen LogP contribution in [0.3, 0.4) is 0 Å². The van der Waals surface area contributed by atoms with Crippen molar-refractivity contribution in [2.45, 2.75) is 13.8 Å². The molecule has 0 saturated carbocycles. The molecule has 1 amide bonds. The number of thiophene rings is 1. The maximum Gasteiger partial charge on any atom is 0.221 e. The lowest BCUT2D eigenvalue weighted by atomic mass is 10.3. The van der Waals surface area contributed by atoms with Gasteiger partial charge in [0.05, 0.1) is 10.6 Å². The van der Waals surface area contributed by atoms with Crippen LogP contribution in [0.15, 0.2) is 36.4 Å². The quantitative estimate of drug-likeness (QED) is 0.859. The van der Waals surface area contributed by atoms with E-state index < -0.39 is 0 Å². The number of rotatable bonds is 5. The van der Waals surface area contributed by atoms with E-state index >= 15 is 0 Å². The second-order valence-corrected chi connectivity index (χ2v) is 5.59. The number of anilines is 1. The number of Topliss-reactive ketones (excluding diaryl/α,β-unsaturated/α-hetero) is 1. The van der Waals surface area contributed by atoms with Gasteiger partial charge in [-0.3, -0.25) is 9.59 Å². The van der Waals surface area contributed by atoms with Crippen LogP contribution in [-0.2, 0) is 4.79 Å². The van der Waals surface area contributed by atoms with E-state index in [1.165, 1.54) is 18.3 Å². The molecule has 5 heteroatoms. The summed E-state index contributed by atoms with van der Waals surface area (Å²) in [5.41, 5.74) is 0.565. The van der Waals surface area contributed by atoms with Gasteiger partial charge in [0, 0.05) is 11.8 Å². The summed E-state index contributed by atoms with van der Waals surface area (Å²) in [5.74, 6) is 0.242. The standard InChI is InChI=1S/C15H15NO3S/c1-10-7-8-15(20-10)13(18)9-19-14-6-4-3-5-12(14)16-11(2)17/h3-8H,9H2,1-2H3,(H,16,17). The summed E-state index contributed by atoms with van der Waals surface area (Å²) in [6.45, 7) is 3.33. The summed E-state index contributed by atoms with van der Waals surface area (Å²) in [7, 11) is 0. The van der Waals surface area contributed by atoms with Gasteiger partial charge in [-0.25, -0.2) is 0 Å². The molecule has 1 N–H and O–H groups in total. The zero-order chi connectivity index (χ0) is 14.5. The monoisotopic (exact) mass is 289 g/mol. The van der Waals surface area contributed by atoms with E-state index in [2.05, 4.69) is 5.32 Å². The average molecular weight is 289 g/mol. The number of carbonyl (C=O) groups is 2. The van der Waals surface area contributed by atoms with Crippen molar-refractivity contribution in [3.05, 3.63) is 46.2 Å². The first-order chi connectivity index (χ1) is 9.56. The van der Waals surface area contributed by atoms with Gasteiger partial charge in [0.15, 0.2) is 6.61 Å². The fraction of sp³-hybridized carbons (Fsp3) is 0.200. The van der Waals surface area contributed by atoms with Crippen LogP contribution in [-0.4, -0.2) is 18.3 Å². The van der Waals surface area contributed by atoms with Gasteiger partial charge in [-0.05, 0) is 31.2 Å². The van der Waals surface area contributed by atoms with E-state index in [0.29, 0.717) is 16.3 Å². The number of amides is 1. The van der Waals surface area contributed by atoms with Crippen LogP contribution in [0.4, 0.5) is 5.69 Å². The van der Waals surface area contributed by atoms with Crippen LogP contribution in [0, 0.1) is 6.92 Å². The molecule has 20 heavy (non-hydrogen) atoms. The average Bonchev–Trinajstić information content (AvgIpc) is 2.83. The van der Waals surface area contributed by atoms with Gasteiger partial charge in [-0.1, -0.05) is 12.1 Å². The molecular formula is C15H15NO3S. The molecular weight excluding hydrogens is 274 g/mol. The van der Waals surface area contributed by atoms with Gasteiger partial charge in [0.2, 0.25) is 11.7 Å². The topological polar surface area (TPSA) is 55.4 Å². The first-order valence-electron chi connectivity index (χ1n) is 6.15. The smallest absolute Gasteiger partial charge is 0.221 e. The van der Waals surface area contributed by atoms with Crippen LogP contribution >= 0.6 is 11.3 Å². The highest BCUT2D eigenvalue weighted by atomic mass is 32.1. The minimum absolute atomic E-state index is 0.0451. The second-order valence-electron chi connectivity index (χ2n) is 4.30. The molecule has 0 spiro atoms. The van der Waals surface area contributed by atoms with Crippen molar-refractivity contribution >= 4 is 28.7 Å². The van der Waals surface area contributed by atoms with E-state index in [-0.39, 0.29) is 18.3 Å². The van der Waals surface area contributed by atoms with Crippen molar-refractivity contribution in [3.63, 3.8) is 0 Å². The summed E-state index contributed by atoms with van der Waals surface area (Å²) in [4.78, 5) is 24.8. The largest absolute Gasteiger partial charge is 0.483 e. The number of benzene rings is 1. The number of ether oxygens (including phenoxy) is 1. The van der Waals surface area contributed by atoms with Crippen LogP contribution in [0.1, 0.15) is 21.5 Å². The minimum atomic E-state index is -0.179. The van der Waals surface area contributed by atoms with Gasteiger partial charge in [-0.15, -0.1) is 11.3 Å². The predicted octanol–water partition coefficient (Wildman–Crippen LogP) is 3.28. The number of aryl methyl sites for hydroxylation is 1. The van der Waals surface area contributed by atoms with Gasteiger partial charge < -0.3 is 10.1 Å². The van der Waals surface area contributed by atoms with E-state index in [0.717, 1.165) is 4.88 Å². The number of ketones is 1. The number of hydrogen-bond acceptors (Lipinski definition) is 4. The number of nitrogens with one attached hydrogen (secondary N) is 1. The Balaban J connectivity index is 2.03. The van der Waals surface area contributed by atoms with E-state index in [4.69, 9.17) is 4.74 Å². The third kappa shape index (κ3) is 3.68. The first-order valence-corrected chi connectivity index (χ1v) is 6.97. The fourth-order valence-electron chi connectivity index (χ4n) is 1.68. The molecule has 0 radical (unpaired) electrons. The predicted molar refractivity (Wildman–Crippen MR) is 79.6 cm³/mol. The second kappa shape index (κ2) is 6.34. The Morgan fingerprint density at radius 2 is 1.95 bits per heavy atom. The van der Waals surface area contributed by atoms with E-state index in [9.17, 15) is 9.59 Å². The summed E-state index contributed by atoms with van der Waals surface area (Å²) in [5, 5.41) is 2.67. The molecule has 0 atom stereocenters. The van der Waals surface area contributed by atoms with Crippen molar-refractivity contribution in [1.82, 2.24) is 0 Å². The molecule has 0 fully saturated rings. The van der Waals surface area contributed by atoms with Crippen LogP contribution < -0.4 is 10.1 Å². The SMILES string of the molecule is CC(=O)Nc1ccccc1OCC(=O)c1ccc(C)s1. The third-order valence-electron chi connectivity index (χ3n) is 2.57. The molecule has 4 nitrogen and oxygen atoms in total. The number of para-hydroxylation sites is 2. The zero-order valence-corrected chi connectivity index (χ0v) is 12.1. The zero-order valence-electron chi connectivity index (χ0n) is 11.3. The Kier molecular flexibility index (Phi) is 4.53. The van der Waals surface area contributed by atoms with Crippen LogP contribution in [0.5, 0.6) is 5.75 Å². The molecule has 2 aromatic rings. The summed E-state index contributed by atoms with van der Waals surface area (Å²) in [6, 6.07) is 10.7. The molecule has 0 unspecified atom stereocenters. The molecule has 0 saturated heterocycles. The maximum absolute atomic E-state index is 12.0. The Morgan fingerprint density at radius 1 is 1.20 bits per heavy atom. The van der Waals surface area contributed by atoms with Crippen LogP contribution in [0.25, 0.3) is 0 Å². The van der Waals surface area contributed by atoms with E-state index in [1.807, 2.05) is 13.0 Å². The van der Waals surface area contributed by atoms with Crippen molar-refractivity contribution < 1.29 is 14.3 Å². The Bertz CT molecular complexity index is 634. The lowest BCUT2D eigenvalue weighted by Crippen LogP contribution is -2.12. The van der Waals surface area contributed by atoms with Crippen molar-refractivity contribution in [2.24, 2.45) is 0 Å². The van der Waals surface area contributed by atoms with Crippen molar-refractivity contribution in [2.75, 3.05) is 11.9 Å². The van der Waals surface area contributed by atoms with E-state index in [1.54, 1.807) is 30.3 Å². The highest BCUT2D eigenvalue weighted by Gasteiger charge is 2.11. The summed E-state index contributed by atoms with van der Waals surface area (Å²) < 4.78 is 5.51. The molecule has 0 bridgehead atoms. The normalized spacial score (nSPS) is 10.1. The minimum Gasteiger partial charge on any atom is -0.483 e. The number of carbonyl (C=O) groups excluding carboxylic acids is 2.